The van der Waals surface area contributed by atoms with E-state index in [1.54, 1.807) is 46.8 Å². The van der Waals surface area contributed by atoms with Gasteiger partial charge in [0.1, 0.15) is 0 Å². The Bertz CT molecular complexity index is 1230. The molecule has 2 unspecified atom stereocenters. The topological polar surface area (TPSA) is 0 Å². The average Bonchev–Trinajstić information content (AvgIpc) is 3.85. The summed E-state index contributed by atoms with van der Waals surface area (Å²) in [5.41, 5.74) is 3.66. The zero-order chi connectivity index (χ0) is 39.4. The molecule has 310 valence electrons. The summed E-state index contributed by atoms with van der Waals surface area (Å²) in [7, 11) is 0. The fraction of sp³-hybridized carbons (Fsp3) is 0.800. The van der Waals surface area contributed by atoms with Gasteiger partial charge in [0.25, 0.3) is 0 Å². The van der Waals surface area contributed by atoms with Gasteiger partial charge in [0.05, 0.1) is 0 Å². The van der Waals surface area contributed by atoms with Crippen LogP contribution in [0.15, 0.2) is 12.1 Å². The van der Waals surface area contributed by atoms with Crippen LogP contribution < -0.4 is 5.79 Å². The van der Waals surface area contributed by atoms with E-state index >= 15 is 0 Å². The van der Waals surface area contributed by atoms with E-state index in [0.29, 0.717) is 0 Å². The van der Waals surface area contributed by atoms with Gasteiger partial charge in [-0.25, -0.2) is 0 Å². The van der Waals surface area contributed by atoms with Crippen LogP contribution in [0, 0.1) is 11.8 Å². The van der Waals surface area contributed by atoms with Crippen molar-refractivity contribution in [3.63, 3.8) is 0 Å². The molecule has 0 bridgehead atoms. The quantitative estimate of drug-likeness (QED) is 0.0547. The minimum atomic E-state index is -2.61. The first kappa shape index (κ1) is 49.1. The van der Waals surface area contributed by atoms with E-state index in [9.17, 15) is 0 Å². The van der Waals surface area contributed by atoms with E-state index in [1.807, 2.05) is 16.9 Å². The zero-order valence-corrected chi connectivity index (χ0v) is 45.3. The molecule has 3 aromatic rings. The van der Waals surface area contributed by atoms with Crippen LogP contribution in [-0.4, -0.2) is 36.8 Å². The summed E-state index contributed by atoms with van der Waals surface area (Å²) in [6.07, 6.45) is 30.5. The van der Waals surface area contributed by atoms with E-state index < -0.39 is 36.8 Å². The monoisotopic (exact) mass is 994 g/mol. The summed E-state index contributed by atoms with van der Waals surface area (Å²) in [5, 5.41) is 3.54. The van der Waals surface area contributed by atoms with Crippen LogP contribution in [0.1, 0.15) is 209 Å². The molecule has 0 fully saturated rings. The molecule has 0 nitrogen and oxygen atoms in total. The zero-order valence-electron chi connectivity index (χ0n) is 37.9. The van der Waals surface area contributed by atoms with E-state index in [0.717, 1.165) is 11.8 Å². The van der Waals surface area contributed by atoms with Crippen LogP contribution in [0.5, 0.6) is 0 Å². The van der Waals surface area contributed by atoms with Crippen LogP contribution in [0.3, 0.4) is 0 Å². The Balaban J connectivity index is 2.52. The van der Waals surface area contributed by atoms with Crippen LogP contribution in [0.2, 0.25) is 26.6 Å². The van der Waals surface area contributed by atoms with Crippen molar-refractivity contribution in [1.82, 2.24) is 0 Å². The maximum atomic E-state index is 2.97. The molecule has 0 amide bonds. The average molecular weight is 993 g/mol. The van der Waals surface area contributed by atoms with Gasteiger partial charge in [-0.1, -0.05) is 0 Å². The molecule has 2 heterocycles. The fourth-order valence-corrected chi connectivity index (χ4v) is 50.6. The third kappa shape index (κ3) is 13.4. The van der Waals surface area contributed by atoms with Crippen LogP contribution in [0.25, 0.3) is 20.2 Å². The molecule has 0 radical (unpaired) electrons. The first-order chi connectivity index (χ1) is 26.3. The third-order valence-electron chi connectivity index (χ3n) is 13.8. The van der Waals surface area contributed by atoms with Crippen molar-refractivity contribution in [3.8, 4) is 0 Å². The van der Waals surface area contributed by atoms with Crippen LogP contribution in [0.4, 0.5) is 0 Å². The number of hydrogen-bond donors (Lipinski definition) is 0. The van der Waals surface area contributed by atoms with E-state index in [1.165, 1.54) is 141 Å². The van der Waals surface area contributed by atoms with Gasteiger partial charge < -0.3 is 0 Å². The summed E-state index contributed by atoms with van der Waals surface area (Å²) < 4.78 is 17.1. The Morgan fingerprint density at radius 1 is 0.407 bits per heavy atom. The van der Waals surface area contributed by atoms with Gasteiger partial charge in [-0.2, -0.15) is 0 Å². The number of thiophene rings is 2. The normalized spacial score (nSPS) is 13.8. The van der Waals surface area contributed by atoms with Gasteiger partial charge >= 0.3 is 358 Å². The van der Waals surface area contributed by atoms with Gasteiger partial charge in [0.2, 0.25) is 0 Å². The van der Waals surface area contributed by atoms with E-state index in [4.69, 9.17) is 0 Å². The van der Waals surface area contributed by atoms with Gasteiger partial charge in [0, 0.05) is 0 Å². The molecule has 0 saturated carbocycles. The molecule has 0 N–H and O–H groups in total. The maximum absolute atomic E-state index is 2.97. The molecule has 0 aliphatic carbocycles. The van der Waals surface area contributed by atoms with Crippen molar-refractivity contribution >= 4 is 85.4 Å². The number of unbranched alkanes of at least 4 members (excludes halogenated alkanes) is 8. The van der Waals surface area contributed by atoms with Gasteiger partial charge in [-0.3, -0.25) is 0 Å². The van der Waals surface area contributed by atoms with Crippen molar-refractivity contribution < 1.29 is 0 Å². The molecule has 0 aliphatic rings. The Labute approximate surface area is 354 Å². The molecule has 2 aromatic heterocycles. The number of benzene rings is 1. The molecular weight excluding hydrogens is 902 g/mol. The summed E-state index contributed by atoms with van der Waals surface area (Å²) in [6.45, 7) is 24.6. The van der Waals surface area contributed by atoms with Crippen molar-refractivity contribution in [3.05, 3.63) is 23.3 Å². The van der Waals surface area contributed by atoms with Gasteiger partial charge in [0.15, 0.2) is 0 Å². The summed E-state index contributed by atoms with van der Waals surface area (Å²) in [6, 6.07) is 5.94. The van der Waals surface area contributed by atoms with Crippen molar-refractivity contribution in [2.75, 3.05) is 0 Å². The molecule has 2 atom stereocenters. The minimum absolute atomic E-state index is 0.811. The summed E-state index contributed by atoms with van der Waals surface area (Å²) in [4.78, 5) is 0. The first-order valence-electron chi connectivity index (χ1n) is 24.3. The standard InChI is InChI=1S/C26H36S2.6C4H9.2Sn/c1-5-9-11-19(7-3)17-23-21-13-15-28-26(21)24(22-14-16-27-25(22)23)18-20(8-4)12-10-6-2;6*1-3-4-2;;/h13-14,19-20H,5-12,17-18H2,1-4H3;6*1,3-4H2,2H3;;. The molecule has 0 saturated heterocycles. The molecular formula is C50H90S2Sn2. The van der Waals surface area contributed by atoms with E-state index in [-0.39, 0.29) is 0 Å². The van der Waals surface area contributed by atoms with Gasteiger partial charge in [-0.15, -0.1) is 0 Å². The van der Waals surface area contributed by atoms with Crippen molar-refractivity contribution in [2.45, 2.75) is 237 Å². The Hall–Kier alpha value is 0.737. The number of fused-ring (bicyclic) bond motifs is 2. The summed E-state index contributed by atoms with van der Waals surface area (Å²) >= 11 is -0.403. The van der Waals surface area contributed by atoms with E-state index in [2.05, 4.69) is 104 Å². The number of rotatable bonds is 32. The molecule has 4 heteroatoms. The van der Waals surface area contributed by atoms with Crippen molar-refractivity contribution in [2.24, 2.45) is 11.8 Å². The fourth-order valence-electron chi connectivity index (χ4n) is 9.90. The van der Waals surface area contributed by atoms with Crippen LogP contribution >= 0.6 is 22.7 Å². The first-order valence-corrected chi connectivity index (χ1v) is 40.9. The molecule has 0 spiro atoms. The Morgan fingerprint density at radius 2 is 0.685 bits per heavy atom. The number of hydrogen-bond acceptors (Lipinski definition) is 2. The second kappa shape index (κ2) is 26.8. The molecule has 54 heavy (non-hydrogen) atoms. The second-order valence-electron chi connectivity index (χ2n) is 18.1. The molecule has 0 aliphatic heterocycles. The third-order valence-corrected chi connectivity index (χ3v) is 52.6. The SMILES string of the molecule is CCCCC(CC)Cc1c2c[c]([Sn]([CH2]CCC)([CH2]CCC)[CH2]CCC)sc2c(CC(CC)CCCC)c2c[c]([Sn]([CH2]CCC)([CH2]CCC)[CH2]CCC)sc12. The molecule has 1 aromatic carbocycles. The predicted molar refractivity (Wildman–Crippen MR) is 260 cm³/mol. The Kier molecular flexibility index (Phi) is 24.3. The predicted octanol–water partition coefficient (Wildman–Crippen LogP) is 17.7. The van der Waals surface area contributed by atoms with Gasteiger partial charge in [-0.05, 0) is 0 Å². The Morgan fingerprint density at radius 3 is 0.926 bits per heavy atom. The van der Waals surface area contributed by atoms with Crippen molar-refractivity contribution in [1.29, 1.82) is 0 Å². The molecule has 3 rings (SSSR count). The second-order valence-corrected chi connectivity index (χ2v) is 48.5. The summed E-state index contributed by atoms with van der Waals surface area (Å²) in [5.74, 6) is 1.62. The van der Waals surface area contributed by atoms with Crippen LogP contribution in [-0.2, 0) is 12.8 Å².